The maximum Gasteiger partial charge on any atom is 0.264 e. The Balaban J connectivity index is 1.15. The van der Waals surface area contributed by atoms with E-state index < -0.39 is 11.7 Å². The van der Waals surface area contributed by atoms with Gasteiger partial charge in [-0.25, -0.2) is 0 Å². The molecule has 1 spiro atoms. The van der Waals surface area contributed by atoms with Crippen LogP contribution in [0, 0.1) is 5.92 Å². The van der Waals surface area contributed by atoms with Crippen molar-refractivity contribution in [2.24, 2.45) is 5.92 Å². The predicted octanol–water partition coefficient (Wildman–Crippen LogP) is 6.71. The Morgan fingerprint density at radius 1 is 0.878 bits per heavy atom. The molecule has 3 atom stereocenters. The first-order valence-corrected chi connectivity index (χ1v) is 16.9. The van der Waals surface area contributed by atoms with E-state index in [1.54, 1.807) is 14.7 Å². The van der Waals surface area contributed by atoms with Crippen LogP contribution in [0.4, 0.5) is 17.1 Å². The lowest BCUT2D eigenvalue weighted by molar-refractivity contribution is -0.150. The Bertz CT molecular complexity index is 2080. The van der Waals surface area contributed by atoms with E-state index in [0.29, 0.717) is 36.3 Å². The van der Waals surface area contributed by atoms with Crippen molar-refractivity contribution in [3.05, 3.63) is 138 Å². The third kappa shape index (κ3) is 5.10. The van der Waals surface area contributed by atoms with Gasteiger partial charge in [0.25, 0.3) is 11.8 Å². The topological polar surface area (TPSA) is 90.4 Å². The minimum absolute atomic E-state index is 0.0851. The normalized spacial score (nSPS) is 20.9. The monoisotopic (exact) mass is 651 g/mol. The minimum atomic E-state index is -1.33. The molecule has 8 rings (SSSR count). The number of anilines is 3. The number of nitrogens with zero attached hydrogens (tertiary/aromatic N) is 3. The van der Waals surface area contributed by atoms with E-state index in [4.69, 9.17) is 4.74 Å². The molecule has 0 radical (unpaired) electrons. The fourth-order valence-electron chi connectivity index (χ4n) is 7.96. The van der Waals surface area contributed by atoms with E-state index in [2.05, 4.69) is 0 Å². The molecule has 49 heavy (non-hydrogen) atoms. The molecule has 246 valence electrons. The number of hydrogen-bond donors (Lipinski definition) is 1. The molecule has 8 heteroatoms. The van der Waals surface area contributed by atoms with Crippen LogP contribution in [-0.2, 0) is 33.0 Å². The Hall–Kier alpha value is -5.31. The summed E-state index contributed by atoms with van der Waals surface area (Å²) in [6, 6.07) is 37.0. The Kier molecular flexibility index (Phi) is 7.77. The third-order valence-corrected chi connectivity index (χ3v) is 10.2. The van der Waals surface area contributed by atoms with Crippen LogP contribution in [-0.4, -0.2) is 47.0 Å². The molecule has 8 nitrogen and oxygen atoms in total. The molecule has 3 heterocycles. The molecule has 1 fully saturated rings. The Morgan fingerprint density at radius 2 is 1.59 bits per heavy atom. The van der Waals surface area contributed by atoms with Crippen molar-refractivity contribution in [1.29, 1.82) is 0 Å². The number of benzene rings is 5. The summed E-state index contributed by atoms with van der Waals surface area (Å²) in [4.78, 5) is 47.5. The summed E-state index contributed by atoms with van der Waals surface area (Å²) < 4.78 is 6.84. The molecule has 1 saturated heterocycles. The van der Waals surface area contributed by atoms with Crippen LogP contribution in [0.2, 0.25) is 0 Å². The van der Waals surface area contributed by atoms with Gasteiger partial charge in [0.1, 0.15) is 0 Å². The van der Waals surface area contributed by atoms with Crippen LogP contribution in [0.1, 0.15) is 46.8 Å². The lowest BCUT2D eigenvalue weighted by Gasteiger charge is -2.29. The number of carbonyl (C=O) groups is 3. The average Bonchev–Trinajstić information content (AvgIpc) is 3.69. The molecule has 3 aliphatic heterocycles. The van der Waals surface area contributed by atoms with Gasteiger partial charge in [0.05, 0.1) is 42.6 Å². The van der Waals surface area contributed by atoms with Crippen molar-refractivity contribution < 1.29 is 24.2 Å². The fraction of sp³-hybridized carbons (Fsp3) is 0.244. The standard InChI is InChI=1S/C41H37N3O5/c1-27-22-32(24-37(46)42(20-21-45)25-28-10-4-2-5-11-28)49-41(27)34-23-31(18-19-35(34)43(40(41)48)26-29-12-6-3-7-13-29)44-36-17-9-15-30-14-8-16-33(38(30)36)39(44)47/h2-19,23,27,32,45H,20-22,24-26H2,1H3/t27-,32-,41+/m0/s1. The zero-order valence-electron chi connectivity index (χ0n) is 27.3. The summed E-state index contributed by atoms with van der Waals surface area (Å²) in [6.45, 7) is 2.80. The van der Waals surface area contributed by atoms with E-state index in [0.717, 1.165) is 33.3 Å². The van der Waals surface area contributed by atoms with Crippen LogP contribution < -0.4 is 9.80 Å². The largest absolute Gasteiger partial charge is 0.395 e. The number of rotatable bonds is 9. The van der Waals surface area contributed by atoms with Crippen molar-refractivity contribution in [2.45, 2.75) is 44.6 Å². The summed E-state index contributed by atoms with van der Waals surface area (Å²) in [5, 5.41) is 11.7. The number of fused-ring (bicyclic) bond motifs is 2. The molecule has 0 unspecified atom stereocenters. The Morgan fingerprint density at radius 3 is 2.33 bits per heavy atom. The van der Waals surface area contributed by atoms with E-state index in [1.165, 1.54) is 0 Å². The zero-order chi connectivity index (χ0) is 33.7. The number of aliphatic hydroxyl groups is 1. The fourth-order valence-corrected chi connectivity index (χ4v) is 7.96. The van der Waals surface area contributed by atoms with Crippen molar-refractivity contribution in [2.75, 3.05) is 23.0 Å². The van der Waals surface area contributed by atoms with Gasteiger partial charge in [-0.05, 0) is 53.3 Å². The molecule has 3 amide bonds. The molecule has 5 aromatic carbocycles. The maximum absolute atomic E-state index is 14.7. The molecule has 5 aromatic rings. The van der Waals surface area contributed by atoms with Crippen LogP contribution >= 0.6 is 0 Å². The van der Waals surface area contributed by atoms with Crippen molar-refractivity contribution >= 4 is 45.6 Å². The zero-order valence-corrected chi connectivity index (χ0v) is 27.3. The van der Waals surface area contributed by atoms with Crippen LogP contribution in [0.15, 0.2) is 115 Å². The van der Waals surface area contributed by atoms with Gasteiger partial charge in [-0.3, -0.25) is 19.3 Å². The quantitative estimate of drug-likeness (QED) is 0.191. The van der Waals surface area contributed by atoms with Gasteiger partial charge >= 0.3 is 0 Å². The predicted molar refractivity (Wildman–Crippen MR) is 188 cm³/mol. The molecule has 0 aromatic heterocycles. The van der Waals surface area contributed by atoms with Gasteiger partial charge in [-0.2, -0.15) is 0 Å². The number of ether oxygens (including phenoxy) is 1. The number of amides is 3. The van der Waals surface area contributed by atoms with Gasteiger partial charge < -0.3 is 19.6 Å². The van der Waals surface area contributed by atoms with Gasteiger partial charge in [0, 0.05) is 35.6 Å². The first-order chi connectivity index (χ1) is 23.9. The first kappa shape index (κ1) is 31.0. The average molecular weight is 652 g/mol. The Labute approximate surface area is 285 Å². The second-order valence-electron chi connectivity index (χ2n) is 13.2. The molecule has 0 bridgehead atoms. The van der Waals surface area contributed by atoms with Crippen molar-refractivity contribution in [1.82, 2.24) is 4.90 Å². The third-order valence-electron chi connectivity index (χ3n) is 10.2. The van der Waals surface area contributed by atoms with Crippen LogP contribution in [0.3, 0.4) is 0 Å². The molecule has 3 aliphatic rings. The summed E-state index contributed by atoms with van der Waals surface area (Å²) in [7, 11) is 0. The van der Waals surface area contributed by atoms with E-state index in [-0.39, 0.29) is 43.2 Å². The summed E-state index contributed by atoms with van der Waals surface area (Å²) >= 11 is 0. The van der Waals surface area contributed by atoms with Gasteiger partial charge in [-0.1, -0.05) is 91.9 Å². The van der Waals surface area contributed by atoms with E-state index >= 15 is 0 Å². The highest BCUT2D eigenvalue weighted by atomic mass is 16.5. The summed E-state index contributed by atoms with van der Waals surface area (Å²) in [5.74, 6) is -0.665. The highest BCUT2D eigenvalue weighted by molar-refractivity contribution is 6.28. The lowest BCUT2D eigenvalue weighted by atomic mass is 9.82. The lowest BCUT2D eigenvalue weighted by Crippen LogP contribution is -2.44. The summed E-state index contributed by atoms with van der Waals surface area (Å²) in [6.07, 6.45) is 0.0800. The highest BCUT2D eigenvalue weighted by Gasteiger charge is 2.60. The van der Waals surface area contributed by atoms with Gasteiger partial charge in [0.2, 0.25) is 5.91 Å². The SMILES string of the molecule is C[C@H]1C[C@@H](CC(=O)N(CCO)Cc2ccccc2)O[C@]12C(=O)N(Cc1ccccc1)c1ccc(N3C(=O)c4cccc5cccc3c45)cc12. The smallest absolute Gasteiger partial charge is 0.264 e. The second kappa shape index (κ2) is 12.3. The molecule has 0 saturated carbocycles. The minimum Gasteiger partial charge on any atom is -0.395 e. The van der Waals surface area contributed by atoms with Crippen LogP contribution in [0.25, 0.3) is 10.8 Å². The molecular weight excluding hydrogens is 614 g/mol. The number of carbonyl (C=O) groups excluding carboxylic acids is 3. The number of aliphatic hydroxyl groups excluding tert-OH is 1. The second-order valence-corrected chi connectivity index (χ2v) is 13.2. The molecule has 0 aliphatic carbocycles. The maximum atomic E-state index is 14.7. The van der Waals surface area contributed by atoms with E-state index in [1.807, 2.05) is 122 Å². The van der Waals surface area contributed by atoms with Crippen molar-refractivity contribution in [3.63, 3.8) is 0 Å². The highest BCUT2D eigenvalue weighted by Crippen LogP contribution is 2.55. The summed E-state index contributed by atoms with van der Waals surface area (Å²) in [5.41, 5.74) is 4.20. The van der Waals surface area contributed by atoms with E-state index in [9.17, 15) is 19.5 Å². The van der Waals surface area contributed by atoms with Gasteiger partial charge in [-0.15, -0.1) is 0 Å². The molecular formula is C41H37N3O5. The van der Waals surface area contributed by atoms with Gasteiger partial charge in [0.15, 0.2) is 5.60 Å². The van der Waals surface area contributed by atoms with Crippen molar-refractivity contribution in [3.8, 4) is 0 Å². The molecule has 1 N–H and O–H groups in total. The number of hydrogen-bond acceptors (Lipinski definition) is 5. The van der Waals surface area contributed by atoms with Crippen LogP contribution in [0.5, 0.6) is 0 Å². The first-order valence-electron chi connectivity index (χ1n) is 16.9.